The number of carbonyl (C=O) groups excluding carboxylic acids is 1. The molecule has 0 aliphatic carbocycles. The standard InChI is InChI=1S/C16H17NO3/c1-11-4-9-15(18)14(10-11)16(19)17(2)12-5-7-13(20-3)8-6-12/h4-10,18H,1-3H3. The van der Waals surface area contributed by atoms with Crippen LogP contribution in [0.1, 0.15) is 15.9 Å². The van der Waals surface area contributed by atoms with Crippen LogP contribution in [0.15, 0.2) is 42.5 Å². The molecule has 0 aliphatic heterocycles. The Labute approximate surface area is 118 Å². The molecule has 0 saturated carbocycles. The molecule has 0 fully saturated rings. The molecule has 2 rings (SSSR count). The van der Waals surface area contributed by atoms with Gasteiger partial charge in [-0.3, -0.25) is 4.79 Å². The minimum atomic E-state index is -0.253. The summed E-state index contributed by atoms with van der Waals surface area (Å²) in [6.07, 6.45) is 0. The molecule has 0 aromatic heterocycles. The third-order valence-corrected chi connectivity index (χ3v) is 3.15. The summed E-state index contributed by atoms with van der Waals surface area (Å²) in [4.78, 5) is 13.9. The fourth-order valence-corrected chi connectivity index (χ4v) is 1.92. The number of carbonyl (C=O) groups is 1. The van der Waals surface area contributed by atoms with Crippen molar-refractivity contribution in [2.45, 2.75) is 6.92 Å². The van der Waals surface area contributed by atoms with Crippen molar-refractivity contribution >= 4 is 11.6 Å². The lowest BCUT2D eigenvalue weighted by atomic mass is 10.1. The summed E-state index contributed by atoms with van der Waals surface area (Å²) < 4.78 is 5.09. The average Bonchev–Trinajstić information content (AvgIpc) is 2.48. The summed E-state index contributed by atoms with van der Waals surface area (Å²) in [7, 11) is 3.26. The second-order valence-corrected chi connectivity index (χ2v) is 4.58. The number of nitrogens with zero attached hydrogens (tertiary/aromatic N) is 1. The van der Waals surface area contributed by atoms with Crippen LogP contribution in [0, 0.1) is 6.92 Å². The number of anilines is 1. The van der Waals surface area contributed by atoms with Gasteiger partial charge in [-0.15, -0.1) is 0 Å². The predicted molar refractivity (Wildman–Crippen MR) is 78.6 cm³/mol. The van der Waals surface area contributed by atoms with Crippen molar-refractivity contribution in [2.75, 3.05) is 19.1 Å². The van der Waals surface area contributed by atoms with Crippen molar-refractivity contribution in [1.29, 1.82) is 0 Å². The van der Waals surface area contributed by atoms with Crippen molar-refractivity contribution in [3.8, 4) is 11.5 Å². The van der Waals surface area contributed by atoms with Crippen molar-refractivity contribution in [3.05, 3.63) is 53.6 Å². The Morgan fingerprint density at radius 2 is 1.80 bits per heavy atom. The zero-order chi connectivity index (χ0) is 14.7. The monoisotopic (exact) mass is 271 g/mol. The number of aromatic hydroxyl groups is 1. The smallest absolute Gasteiger partial charge is 0.261 e. The summed E-state index contributed by atoms with van der Waals surface area (Å²) in [5, 5.41) is 9.82. The molecule has 0 atom stereocenters. The molecule has 20 heavy (non-hydrogen) atoms. The van der Waals surface area contributed by atoms with Crippen LogP contribution in [-0.2, 0) is 0 Å². The topological polar surface area (TPSA) is 49.8 Å². The highest BCUT2D eigenvalue weighted by Gasteiger charge is 2.17. The van der Waals surface area contributed by atoms with E-state index in [2.05, 4.69) is 0 Å². The summed E-state index contributed by atoms with van der Waals surface area (Å²) >= 11 is 0. The highest BCUT2D eigenvalue weighted by atomic mass is 16.5. The molecule has 0 unspecified atom stereocenters. The molecule has 0 aliphatic rings. The van der Waals surface area contributed by atoms with Gasteiger partial charge in [0.05, 0.1) is 12.7 Å². The van der Waals surface area contributed by atoms with Crippen molar-refractivity contribution < 1.29 is 14.6 Å². The molecular formula is C16H17NO3. The molecule has 2 aromatic carbocycles. The second kappa shape index (κ2) is 5.65. The zero-order valence-corrected chi connectivity index (χ0v) is 11.8. The minimum Gasteiger partial charge on any atom is -0.507 e. The minimum absolute atomic E-state index is 0.0130. The second-order valence-electron chi connectivity index (χ2n) is 4.58. The molecule has 1 N–H and O–H groups in total. The Morgan fingerprint density at radius 1 is 1.15 bits per heavy atom. The van der Waals surface area contributed by atoms with Gasteiger partial charge >= 0.3 is 0 Å². The molecule has 104 valence electrons. The maximum Gasteiger partial charge on any atom is 0.261 e. The van der Waals surface area contributed by atoms with Crippen molar-refractivity contribution in [2.24, 2.45) is 0 Å². The van der Waals surface area contributed by atoms with E-state index in [0.29, 0.717) is 5.56 Å². The molecule has 2 aromatic rings. The summed E-state index contributed by atoms with van der Waals surface area (Å²) in [5.74, 6) is 0.463. The Kier molecular flexibility index (Phi) is 3.94. The van der Waals surface area contributed by atoms with Gasteiger partial charge in [-0.05, 0) is 43.3 Å². The van der Waals surface area contributed by atoms with Gasteiger partial charge in [0.25, 0.3) is 5.91 Å². The fourth-order valence-electron chi connectivity index (χ4n) is 1.92. The predicted octanol–water partition coefficient (Wildman–Crippen LogP) is 2.99. The van der Waals surface area contributed by atoms with Gasteiger partial charge < -0.3 is 14.7 Å². The number of amides is 1. The number of rotatable bonds is 3. The molecule has 0 saturated heterocycles. The van der Waals surface area contributed by atoms with Crippen molar-refractivity contribution in [3.63, 3.8) is 0 Å². The number of phenolic OH excluding ortho intramolecular Hbond substituents is 1. The first kappa shape index (κ1) is 13.9. The maximum absolute atomic E-state index is 12.4. The van der Waals surface area contributed by atoms with E-state index >= 15 is 0 Å². The van der Waals surface area contributed by atoms with E-state index in [1.165, 1.54) is 11.0 Å². The van der Waals surface area contributed by atoms with E-state index in [1.807, 2.05) is 6.92 Å². The number of methoxy groups -OCH3 is 1. The lowest BCUT2D eigenvalue weighted by Crippen LogP contribution is -2.26. The zero-order valence-electron chi connectivity index (χ0n) is 11.8. The number of aryl methyl sites for hydroxylation is 1. The molecular weight excluding hydrogens is 254 g/mol. The first-order valence-corrected chi connectivity index (χ1v) is 6.24. The van der Waals surface area contributed by atoms with Crippen LogP contribution in [0.3, 0.4) is 0 Å². The van der Waals surface area contributed by atoms with Crippen molar-refractivity contribution in [1.82, 2.24) is 0 Å². The Morgan fingerprint density at radius 3 is 2.40 bits per heavy atom. The lowest BCUT2D eigenvalue weighted by Gasteiger charge is -2.18. The van der Waals surface area contributed by atoms with E-state index in [0.717, 1.165) is 17.0 Å². The average molecular weight is 271 g/mol. The van der Waals surface area contributed by atoms with Crippen LogP contribution in [0.2, 0.25) is 0 Å². The number of phenols is 1. The Hall–Kier alpha value is -2.49. The van der Waals surface area contributed by atoms with Gasteiger partial charge in [-0.2, -0.15) is 0 Å². The SMILES string of the molecule is COc1ccc(N(C)C(=O)c2cc(C)ccc2O)cc1. The van der Waals surface area contributed by atoms with Gasteiger partial charge in [0.2, 0.25) is 0 Å². The van der Waals surface area contributed by atoms with Crippen LogP contribution in [0.4, 0.5) is 5.69 Å². The molecule has 4 nitrogen and oxygen atoms in total. The molecule has 0 heterocycles. The Bertz CT molecular complexity index is 620. The highest BCUT2D eigenvalue weighted by Crippen LogP contribution is 2.24. The quantitative estimate of drug-likeness (QED) is 0.933. The third kappa shape index (κ3) is 2.74. The van der Waals surface area contributed by atoms with Crippen LogP contribution in [-0.4, -0.2) is 25.2 Å². The van der Waals surface area contributed by atoms with E-state index in [-0.39, 0.29) is 11.7 Å². The molecule has 0 spiro atoms. The number of hydrogen-bond acceptors (Lipinski definition) is 3. The molecule has 0 radical (unpaired) electrons. The van der Waals surface area contributed by atoms with Crippen LogP contribution >= 0.6 is 0 Å². The first-order valence-electron chi connectivity index (χ1n) is 6.24. The summed E-state index contributed by atoms with van der Waals surface area (Å²) in [6.45, 7) is 1.88. The van der Waals surface area contributed by atoms with Crippen LogP contribution in [0.5, 0.6) is 11.5 Å². The first-order chi connectivity index (χ1) is 9.52. The molecule has 0 bridgehead atoms. The third-order valence-electron chi connectivity index (χ3n) is 3.15. The number of benzene rings is 2. The summed E-state index contributed by atoms with van der Waals surface area (Å²) in [5.41, 5.74) is 1.95. The normalized spacial score (nSPS) is 10.2. The van der Waals surface area contributed by atoms with Gasteiger partial charge in [0.1, 0.15) is 11.5 Å². The maximum atomic E-state index is 12.4. The summed E-state index contributed by atoms with van der Waals surface area (Å²) in [6, 6.07) is 12.1. The van der Waals surface area contributed by atoms with E-state index in [1.54, 1.807) is 50.6 Å². The van der Waals surface area contributed by atoms with Gasteiger partial charge in [0.15, 0.2) is 0 Å². The molecule has 4 heteroatoms. The fraction of sp³-hybridized carbons (Fsp3) is 0.188. The van der Waals surface area contributed by atoms with Gasteiger partial charge in [0, 0.05) is 12.7 Å². The van der Waals surface area contributed by atoms with E-state index in [9.17, 15) is 9.90 Å². The lowest BCUT2D eigenvalue weighted by molar-refractivity contribution is 0.0990. The highest BCUT2D eigenvalue weighted by molar-refractivity contribution is 6.07. The van der Waals surface area contributed by atoms with Gasteiger partial charge in [-0.1, -0.05) is 11.6 Å². The van der Waals surface area contributed by atoms with Gasteiger partial charge in [-0.25, -0.2) is 0 Å². The van der Waals surface area contributed by atoms with Crippen LogP contribution < -0.4 is 9.64 Å². The van der Waals surface area contributed by atoms with Crippen LogP contribution in [0.25, 0.3) is 0 Å². The van der Waals surface area contributed by atoms with E-state index < -0.39 is 0 Å². The number of hydrogen-bond donors (Lipinski definition) is 1. The molecule has 1 amide bonds. The largest absolute Gasteiger partial charge is 0.507 e. The number of ether oxygens (including phenoxy) is 1. The van der Waals surface area contributed by atoms with E-state index in [4.69, 9.17) is 4.74 Å². The Balaban J connectivity index is 2.29.